The van der Waals surface area contributed by atoms with Crippen molar-refractivity contribution < 1.29 is 27.0 Å². The first-order valence-corrected chi connectivity index (χ1v) is 7.18. The van der Waals surface area contributed by atoms with E-state index in [1.165, 1.54) is 4.90 Å². The smallest absolute Gasteiger partial charge is 0.307 e. The third-order valence-electron chi connectivity index (χ3n) is 3.47. The van der Waals surface area contributed by atoms with Crippen LogP contribution in [0.3, 0.4) is 0 Å². The molecule has 2 unspecified atom stereocenters. The molecule has 1 amide bonds. The van der Waals surface area contributed by atoms with Gasteiger partial charge in [0.05, 0.1) is 6.42 Å². The summed E-state index contributed by atoms with van der Waals surface area (Å²) in [7, 11) is -4.75. The van der Waals surface area contributed by atoms with Crippen LogP contribution in [0.25, 0.3) is 0 Å². The van der Waals surface area contributed by atoms with Gasteiger partial charge in [-0.3, -0.25) is 9.59 Å². The molecule has 0 aromatic heterocycles. The highest BCUT2D eigenvalue weighted by Gasteiger charge is 2.46. The minimum absolute atomic E-state index is 0.103. The standard InChI is InChI=1S/C10H14FNO5S/c11-18(16,17)7-3-9(13)12(5-7)8(4-10(14)15)6-1-2-6/h6-8H,1-5H2,(H,14,15). The fourth-order valence-electron chi connectivity index (χ4n) is 2.40. The Labute approximate surface area is 104 Å². The van der Waals surface area contributed by atoms with Crippen molar-refractivity contribution in [2.24, 2.45) is 5.92 Å². The summed E-state index contributed by atoms with van der Waals surface area (Å²) >= 11 is 0. The fourth-order valence-corrected chi connectivity index (χ4v) is 3.08. The van der Waals surface area contributed by atoms with E-state index in [2.05, 4.69) is 0 Å². The third kappa shape index (κ3) is 2.80. The maximum Gasteiger partial charge on any atom is 0.307 e. The second kappa shape index (κ2) is 4.49. The Morgan fingerprint density at radius 1 is 1.50 bits per heavy atom. The second-order valence-corrected chi connectivity index (χ2v) is 6.47. The van der Waals surface area contributed by atoms with E-state index in [1.807, 2.05) is 0 Å². The number of likely N-dealkylation sites (tertiary alicyclic amines) is 1. The molecule has 0 aromatic carbocycles. The number of carbonyl (C=O) groups is 2. The molecule has 1 aliphatic carbocycles. The maximum atomic E-state index is 12.9. The highest BCUT2D eigenvalue weighted by atomic mass is 32.3. The summed E-state index contributed by atoms with van der Waals surface area (Å²) in [5, 5.41) is 7.46. The SMILES string of the molecule is O=C(O)CC(C1CC1)N1CC(S(=O)(=O)F)CC1=O. The Kier molecular flexibility index (Phi) is 3.31. The summed E-state index contributed by atoms with van der Waals surface area (Å²) in [6, 6.07) is -0.498. The van der Waals surface area contributed by atoms with Crippen LogP contribution in [0.2, 0.25) is 0 Å². The van der Waals surface area contributed by atoms with Gasteiger partial charge < -0.3 is 10.0 Å². The number of carboxylic acids is 1. The first kappa shape index (κ1) is 13.3. The number of rotatable bonds is 5. The van der Waals surface area contributed by atoms with Crippen LogP contribution in [0, 0.1) is 5.92 Å². The first-order valence-electron chi connectivity index (χ1n) is 5.73. The second-order valence-electron chi connectivity index (χ2n) is 4.85. The Hall–Kier alpha value is -1.18. The van der Waals surface area contributed by atoms with E-state index >= 15 is 0 Å². The molecule has 6 nitrogen and oxygen atoms in total. The van der Waals surface area contributed by atoms with Crippen molar-refractivity contribution >= 4 is 22.1 Å². The average Bonchev–Trinajstić information content (AvgIpc) is 2.97. The summed E-state index contributed by atoms with van der Waals surface area (Å²) in [4.78, 5) is 23.7. The predicted molar refractivity (Wildman–Crippen MR) is 58.9 cm³/mol. The summed E-state index contributed by atoms with van der Waals surface area (Å²) in [5.74, 6) is -1.41. The maximum absolute atomic E-state index is 12.9. The van der Waals surface area contributed by atoms with Gasteiger partial charge in [-0.25, -0.2) is 0 Å². The predicted octanol–water partition coefficient (Wildman–Crippen LogP) is 0.140. The van der Waals surface area contributed by atoms with Crippen molar-refractivity contribution in [1.82, 2.24) is 4.90 Å². The monoisotopic (exact) mass is 279 g/mol. The Bertz CT molecular complexity index is 473. The number of carboxylic acid groups (broad SMARTS) is 1. The molecular weight excluding hydrogens is 265 g/mol. The molecule has 0 spiro atoms. The zero-order chi connectivity index (χ0) is 13.5. The average molecular weight is 279 g/mol. The highest BCUT2D eigenvalue weighted by Crippen LogP contribution is 2.39. The van der Waals surface area contributed by atoms with Crippen LogP contribution in [0.15, 0.2) is 0 Å². The molecule has 1 N–H and O–H groups in total. The molecular formula is C10H14FNO5S. The van der Waals surface area contributed by atoms with E-state index in [0.717, 1.165) is 12.8 Å². The highest BCUT2D eigenvalue weighted by molar-refractivity contribution is 7.87. The van der Waals surface area contributed by atoms with Crippen molar-refractivity contribution in [1.29, 1.82) is 0 Å². The summed E-state index contributed by atoms with van der Waals surface area (Å²) in [5.41, 5.74) is 0. The van der Waals surface area contributed by atoms with E-state index in [4.69, 9.17) is 5.11 Å². The van der Waals surface area contributed by atoms with Crippen LogP contribution in [0.1, 0.15) is 25.7 Å². The van der Waals surface area contributed by atoms with Gasteiger partial charge in [0, 0.05) is 19.0 Å². The molecule has 2 fully saturated rings. The normalized spacial score (nSPS) is 26.4. The summed E-state index contributed by atoms with van der Waals surface area (Å²) in [6.07, 6.45) is 1.06. The number of amides is 1. The topological polar surface area (TPSA) is 91.8 Å². The van der Waals surface area contributed by atoms with Gasteiger partial charge in [0.15, 0.2) is 0 Å². The molecule has 1 saturated heterocycles. The van der Waals surface area contributed by atoms with Crippen molar-refractivity contribution in [3.63, 3.8) is 0 Å². The zero-order valence-corrected chi connectivity index (χ0v) is 10.4. The molecule has 2 rings (SSSR count). The Balaban J connectivity index is 2.12. The van der Waals surface area contributed by atoms with Crippen LogP contribution in [0.4, 0.5) is 3.89 Å². The van der Waals surface area contributed by atoms with Crippen LogP contribution in [0.5, 0.6) is 0 Å². The number of nitrogens with zero attached hydrogens (tertiary/aromatic N) is 1. The van der Waals surface area contributed by atoms with Crippen LogP contribution >= 0.6 is 0 Å². The van der Waals surface area contributed by atoms with E-state index in [1.54, 1.807) is 0 Å². The van der Waals surface area contributed by atoms with Gasteiger partial charge in [-0.2, -0.15) is 8.42 Å². The fraction of sp³-hybridized carbons (Fsp3) is 0.800. The van der Waals surface area contributed by atoms with E-state index < -0.39 is 33.4 Å². The van der Waals surface area contributed by atoms with Gasteiger partial charge in [0.2, 0.25) is 5.91 Å². The van der Waals surface area contributed by atoms with Crippen LogP contribution in [-0.2, 0) is 19.8 Å². The number of halogens is 1. The quantitative estimate of drug-likeness (QED) is 0.723. The minimum atomic E-state index is -4.75. The number of aliphatic carboxylic acids is 1. The molecule has 1 aliphatic heterocycles. The van der Waals surface area contributed by atoms with E-state index in [0.29, 0.717) is 0 Å². The Morgan fingerprint density at radius 2 is 2.11 bits per heavy atom. The molecule has 18 heavy (non-hydrogen) atoms. The first-order chi connectivity index (χ1) is 8.29. The minimum Gasteiger partial charge on any atom is -0.481 e. The van der Waals surface area contributed by atoms with Crippen molar-refractivity contribution in [3.8, 4) is 0 Å². The van der Waals surface area contributed by atoms with Crippen molar-refractivity contribution in [3.05, 3.63) is 0 Å². The van der Waals surface area contributed by atoms with E-state index in [-0.39, 0.29) is 25.3 Å². The van der Waals surface area contributed by atoms with Gasteiger partial charge >= 0.3 is 16.2 Å². The van der Waals surface area contributed by atoms with Gasteiger partial charge in [0.25, 0.3) is 0 Å². The Morgan fingerprint density at radius 3 is 2.50 bits per heavy atom. The number of hydrogen-bond acceptors (Lipinski definition) is 4. The molecule has 2 aliphatic rings. The largest absolute Gasteiger partial charge is 0.481 e. The van der Waals surface area contributed by atoms with Crippen molar-refractivity contribution in [2.45, 2.75) is 37.0 Å². The summed E-state index contributed by atoms with van der Waals surface area (Å²) in [6.45, 7) is -0.230. The molecule has 1 saturated carbocycles. The molecule has 0 radical (unpaired) electrons. The molecule has 8 heteroatoms. The third-order valence-corrected chi connectivity index (χ3v) is 4.58. The lowest BCUT2D eigenvalue weighted by Gasteiger charge is -2.26. The number of carbonyl (C=O) groups excluding carboxylic acids is 1. The van der Waals surface area contributed by atoms with Crippen molar-refractivity contribution in [2.75, 3.05) is 6.54 Å². The van der Waals surface area contributed by atoms with E-state index in [9.17, 15) is 21.9 Å². The van der Waals surface area contributed by atoms with Gasteiger partial charge in [-0.1, -0.05) is 0 Å². The molecule has 0 aromatic rings. The lowest BCUT2D eigenvalue weighted by atomic mass is 10.1. The van der Waals surface area contributed by atoms with Crippen LogP contribution < -0.4 is 0 Å². The lowest BCUT2D eigenvalue weighted by molar-refractivity contribution is -0.140. The van der Waals surface area contributed by atoms with Gasteiger partial charge in [-0.15, -0.1) is 3.89 Å². The van der Waals surface area contributed by atoms with Crippen LogP contribution in [-0.4, -0.2) is 48.1 Å². The van der Waals surface area contributed by atoms with Gasteiger partial charge in [0.1, 0.15) is 5.25 Å². The molecule has 1 heterocycles. The number of hydrogen-bond donors (Lipinski definition) is 1. The molecule has 0 bridgehead atoms. The molecule has 102 valence electrons. The summed E-state index contributed by atoms with van der Waals surface area (Å²) < 4.78 is 34.4. The zero-order valence-electron chi connectivity index (χ0n) is 9.58. The van der Waals surface area contributed by atoms with Gasteiger partial charge in [-0.05, 0) is 18.8 Å². The lowest BCUT2D eigenvalue weighted by Crippen LogP contribution is -2.40. The molecule has 2 atom stereocenters.